The molecule has 2 N–H and O–H groups in total. The topological polar surface area (TPSA) is 61.4 Å². The summed E-state index contributed by atoms with van der Waals surface area (Å²) >= 11 is 0. The number of halogens is 3. The Morgan fingerprint density at radius 3 is 2.40 bits per heavy atom. The average Bonchev–Trinajstić information content (AvgIpc) is 2.71. The van der Waals surface area contributed by atoms with Gasteiger partial charge in [-0.15, -0.1) is 0 Å². The molecule has 5 nitrogen and oxygen atoms in total. The van der Waals surface area contributed by atoms with Crippen LogP contribution >= 0.6 is 0 Å². The van der Waals surface area contributed by atoms with Crippen LogP contribution in [0.1, 0.15) is 24.0 Å². The monoisotopic (exact) mass is 419 g/mol. The maximum Gasteiger partial charge on any atom is 0.239 e. The number of hydrogen-bond donors (Lipinski definition) is 2. The molecule has 0 unspecified atom stereocenters. The van der Waals surface area contributed by atoms with Crippen LogP contribution in [0.25, 0.3) is 0 Å². The van der Waals surface area contributed by atoms with E-state index in [1.165, 1.54) is 24.3 Å². The number of hydrogen-bond acceptors (Lipinski definition) is 3. The Morgan fingerprint density at radius 1 is 0.933 bits per heavy atom. The molecule has 30 heavy (non-hydrogen) atoms. The van der Waals surface area contributed by atoms with Gasteiger partial charge in [-0.1, -0.05) is 18.2 Å². The van der Waals surface area contributed by atoms with E-state index in [4.69, 9.17) is 0 Å². The Bertz CT molecular complexity index is 899. The largest absolute Gasteiger partial charge is 0.352 e. The Labute approximate surface area is 173 Å². The number of nitrogens with one attached hydrogen (secondary N) is 2. The first kappa shape index (κ1) is 21.8. The van der Waals surface area contributed by atoms with Crippen LogP contribution in [-0.2, 0) is 22.6 Å². The standard InChI is InChI=1S/C22H24F3N3O2/c23-17-3-1-2-15(10-17)12-21(29)26-13-22(30)27-18-6-8-28(9-7-18)14-16-4-5-19(24)20(25)11-16/h1-5,10-11,18H,6-9,12-14H2,(H,26,29)(H,27,30). The van der Waals surface area contributed by atoms with Crippen molar-refractivity contribution in [2.45, 2.75) is 31.8 Å². The first-order valence-corrected chi connectivity index (χ1v) is 9.86. The van der Waals surface area contributed by atoms with Crippen LogP contribution in [0.3, 0.4) is 0 Å². The summed E-state index contributed by atoms with van der Waals surface area (Å²) < 4.78 is 39.5. The number of benzene rings is 2. The van der Waals surface area contributed by atoms with Crippen LogP contribution in [-0.4, -0.2) is 42.4 Å². The van der Waals surface area contributed by atoms with Gasteiger partial charge in [0.05, 0.1) is 13.0 Å². The second-order valence-corrected chi connectivity index (χ2v) is 7.45. The molecule has 0 aliphatic carbocycles. The van der Waals surface area contributed by atoms with Gasteiger partial charge in [0.2, 0.25) is 11.8 Å². The molecule has 8 heteroatoms. The first-order chi connectivity index (χ1) is 14.4. The normalized spacial score (nSPS) is 15.0. The molecule has 1 heterocycles. The molecule has 0 saturated carbocycles. The zero-order valence-corrected chi connectivity index (χ0v) is 16.5. The molecule has 2 aromatic rings. The van der Waals surface area contributed by atoms with E-state index in [-0.39, 0.29) is 30.8 Å². The molecule has 1 aliphatic heterocycles. The summed E-state index contributed by atoms with van der Waals surface area (Å²) in [7, 11) is 0. The van der Waals surface area contributed by atoms with Crippen LogP contribution in [0.15, 0.2) is 42.5 Å². The Morgan fingerprint density at radius 2 is 1.70 bits per heavy atom. The number of likely N-dealkylation sites (tertiary alicyclic amines) is 1. The van der Waals surface area contributed by atoms with Crippen molar-refractivity contribution in [1.82, 2.24) is 15.5 Å². The SMILES string of the molecule is O=C(Cc1cccc(F)c1)NCC(=O)NC1CCN(Cc2ccc(F)c(F)c2)CC1. The molecule has 0 radical (unpaired) electrons. The van der Waals surface area contributed by atoms with Crippen LogP contribution in [0.4, 0.5) is 13.2 Å². The molecule has 0 atom stereocenters. The quantitative estimate of drug-likeness (QED) is 0.725. The van der Waals surface area contributed by atoms with E-state index in [1.807, 2.05) is 0 Å². The number of carbonyl (C=O) groups is 2. The predicted molar refractivity (Wildman–Crippen MR) is 106 cm³/mol. The predicted octanol–water partition coefficient (Wildman–Crippen LogP) is 2.54. The number of amides is 2. The molecule has 2 aromatic carbocycles. The summed E-state index contributed by atoms with van der Waals surface area (Å²) in [6, 6.07) is 9.67. The third-order valence-electron chi connectivity index (χ3n) is 5.04. The second-order valence-electron chi connectivity index (χ2n) is 7.45. The van der Waals surface area contributed by atoms with Gasteiger partial charge >= 0.3 is 0 Å². The Hall–Kier alpha value is -2.87. The summed E-state index contributed by atoms with van der Waals surface area (Å²) in [5.74, 6) is -2.75. The molecule has 1 aliphatic rings. The summed E-state index contributed by atoms with van der Waals surface area (Å²) in [6.45, 7) is 1.82. The third-order valence-corrected chi connectivity index (χ3v) is 5.04. The van der Waals surface area contributed by atoms with Gasteiger partial charge in [-0.05, 0) is 48.2 Å². The fourth-order valence-corrected chi connectivity index (χ4v) is 3.48. The number of nitrogens with zero attached hydrogens (tertiary/aromatic N) is 1. The number of carbonyl (C=O) groups excluding carboxylic acids is 2. The van der Waals surface area contributed by atoms with Gasteiger partial charge in [-0.25, -0.2) is 13.2 Å². The van der Waals surface area contributed by atoms with Crippen molar-refractivity contribution in [3.05, 3.63) is 71.0 Å². The molecular formula is C22H24F3N3O2. The van der Waals surface area contributed by atoms with Crippen molar-refractivity contribution in [3.63, 3.8) is 0 Å². The molecule has 0 aromatic heterocycles. The number of rotatable bonds is 7. The fourth-order valence-electron chi connectivity index (χ4n) is 3.48. The van der Waals surface area contributed by atoms with Gasteiger partial charge in [-0.2, -0.15) is 0 Å². The van der Waals surface area contributed by atoms with E-state index in [0.29, 0.717) is 17.7 Å². The lowest BCUT2D eigenvalue weighted by atomic mass is 10.0. The smallest absolute Gasteiger partial charge is 0.239 e. The van der Waals surface area contributed by atoms with Crippen molar-refractivity contribution in [3.8, 4) is 0 Å². The fraction of sp³-hybridized carbons (Fsp3) is 0.364. The molecule has 1 fully saturated rings. The minimum Gasteiger partial charge on any atom is -0.352 e. The highest BCUT2D eigenvalue weighted by Crippen LogP contribution is 2.16. The summed E-state index contributed by atoms with van der Waals surface area (Å²) in [6.07, 6.45) is 1.46. The third kappa shape index (κ3) is 6.59. The van der Waals surface area contributed by atoms with Gasteiger partial charge in [-0.3, -0.25) is 14.5 Å². The first-order valence-electron chi connectivity index (χ1n) is 9.86. The maximum absolute atomic E-state index is 13.3. The van der Waals surface area contributed by atoms with Crippen molar-refractivity contribution in [2.75, 3.05) is 19.6 Å². The van der Waals surface area contributed by atoms with Gasteiger partial charge < -0.3 is 10.6 Å². The van der Waals surface area contributed by atoms with Gasteiger partial charge in [0.25, 0.3) is 0 Å². The van der Waals surface area contributed by atoms with E-state index >= 15 is 0 Å². The van der Waals surface area contributed by atoms with E-state index in [1.54, 1.807) is 12.1 Å². The van der Waals surface area contributed by atoms with Gasteiger partial charge in [0, 0.05) is 25.7 Å². The Balaban J connectivity index is 1.35. The van der Waals surface area contributed by atoms with Gasteiger partial charge in [0.15, 0.2) is 11.6 Å². The molecule has 0 bridgehead atoms. The van der Waals surface area contributed by atoms with E-state index in [0.717, 1.165) is 32.0 Å². The second kappa shape index (κ2) is 10.2. The maximum atomic E-state index is 13.3. The van der Waals surface area contributed by atoms with Crippen molar-refractivity contribution in [2.24, 2.45) is 0 Å². The zero-order valence-electron chi connectivity index (χ0n) is 16.5. The minimum absolute atomic E-state index is 0.00109. The zero-order chi connectivity index (χ0) is 21.5. The highest BCUT2D eigenvalue weighted by Gasteiger charge is 2.21. The van der Waals surface area contributed by atoms with Crippen LogP contribution in [0.5, 0.6) is 0 Å². The molecule has 160 valence electrons. The lowest BCUT2D eigenvalue weighted by Crippen LogP contribution is -2.47. The van der Waals surface area contributed by atoms with Crippen LogP contribution in [0.2, 0.25) is 0 Å². The molecule has 2 amide bonds. The Kier molecular flexibility index (Phi) is 7.46. The molecular weight excluding hydrogens is 395 g/mol. The van der Waals surface area contributed by atoms with E-state index in [2.05, 4.69) is 15.5 Å². The number of piperidine rings is 1. The van der Waals surface area contributed by atoms with Crippen LogP contribution < -0.4 is 10.6 Å². The summed E-state index contributed by atoms with van der Waals surface area (Å²) in [5, 5.41) is 5.44. The van der Waals surface area contributed by atoms with E-state index < -0.39 is 17.5 Å². The highest BCUT2D eigenvalue weighted by molar-refractivity contribution is 5.85. The highest BCUT2D eigenvalue weighted by atomic mass is 19.2. The average molecular weight is 419 g/mol. The van der Waals surface area contributed by atoms with Crippen molar-refractivity contribution < 1.29 is 22.8 Å². The lowest BCUT2D eigenvalue weighted by Gasteiger charge is -2.32. The summed E-state index contributed by atoms with van der Waals surface area (Å²) in [5.41, 5.74) is 1.25. The van der Waals surface area contributed by atoms with E-state index in [9.17, 15) is 22.8 Å². The van der Waals surface area contributed by atoms with Crippen molar-refractivity contribution >= 4 is 11.8 Å². The molecule has 3 rings (SSSR count). The lowest BCUT2D eigenvalue weighted by molar-refractivity contribution is -0.126. The molecule has 0 spiro atoms. The summed E-state index contributed by atoms with van der Waals surface area (Å²) in [4.78, 5) is 26.1. The molecule has 1 saturated heterocycles. The van der Waals surface area contributed by atoms with Crippen molar-refractivity contribution in [1.29, 1.82) is 0 Å². The van der Waals surface area contributed by atoms with Gasteiger partial charge in [0.1, 0.15) is 5.82 Å². The minimum atomic E-state index is -0.858. The van der Waals surface area contributed by atoms with Crippen LogP contribution in [0, 0.1) is 17.5 Å².